The number of likely N-dealkylation sites (N-methyl/N-ethyl adjacent to an activating group) is 1. The van der Waals surface area contributed by atoms with Crippen molar-refractivity contribution in [1.82, 2.24) is 19.8 Å². The van der Waals surface area contributed by atoms with Crippen LogP contribution in [0, 0.1) is 0 Å². The Labute approximate surface area is 166 Å². The quantitative estimate of drug-likeness (QED) is 0.620. The van der Waals surface area contributed by atoms with E-state index < -0.39 is 0 Å². The third-order valence-corrected chi connectivity index (χ3v) is 4.57. The van der Waals surface area contributed by atoms with Gasteiger partial charge in [-0.15, -0.1) is 0 Å². The van der Waals surface area contributed by atoms with Gasteiger partial charge in [0.05, 0.1) is 11.0 Å². The molecule has 1 N–H and O–H groups in total. The van der Waals surface area contributed by atoms with Gasteiger partial charge < -0.3 is 19.5 Å². The molecule has 1 amide bonds. The Kier molecular flexibility index (Phi) is 6.66. The lowest BCUT2D eigenvalue weighted by molar-refractivity contribution is -0.121. The van der Waals surface area contributed by atoms with Crippen LogP contribution in [0.3, 0.4) is 0 Å². The molecule has 0 saturated carbocycles. The van der Waals surface area contributed by atoms with Gasteiger partial charge in [0.25, 0.3) is 0 Å². The summed E-state index contributed by atoms with van der Waals surface area (Å²) in [5.74, 6) is 1.74. The van der Waals surface area contributed by atoms with Crippen molar-refractivity contribution in [3.63, 3.8) is 0 Å². The number of hydrogen-bond acceptors (Lipinski definition) is 4. The first kappa shape index (κ1) is 19.9. The molecule has 0 bridgehead atoms. The maximum Gasteiger partial charge on any atom is 0.240 e. The lowest BCUT2D eigenvalue weighted by Gasteiger charge is -2.12. The zero-order valence-electron chi connectivity index (χ0n) is 16.8. The number of nitrogens with one attached hydrogen (secondary N) is 1. The van der Waals surface area contributed by atoms with Gasteiger partial charge in [-0.2, -0.15) is 0 Å². The number of amides is 1. The summed E-state index contributed by atoms with van der Waals surface area (Å²) >= 11 is 0. The molecule has 6 heteroatoms. The van der Waals surface area contributed by atoms with Crippen molar-refractivity contribution < 1.29 is 9.53 Å². The van der Waals surface area contributed by atoms with Gasteiger partial charge in [0, 0.05) is 19.5 Å². The van der Waals surface area contributed by atoms with E-state index >= 15 is 0 Å². The maximum absolute atomic E-state index is 12.5. The molecule has 0 aliphatic heterocycles. The van der Waals surface area contributed by atoms with Gasteiger partial charge >= 0.3 is 0 Å². The number of carbonyl (C=O) groups excluding carboxylic acids is 1. The molecule has 0 fully saturated rings. The minimum absolute atomic E-state index is 0.0239. The highest BCUT2D eigenvalue weighted by atomic mass is 16.5. The fourth-order valence-electron chi connectivity index (χ4n) is 3.02. The Balaban J connectivity index is 1.55. The summed E-state index contributed by atoms with van der Waals surface area (Å²) in [4.78, 5) is 19.2. The average Bonchev–Trinajstić information content (AvgIpc) is 3.05. The number of fused-ring (bicyclic) bond motifs is 1. The van der Waals surface area contributed by atoms with E-state index in [1.807, 2.05) is 67.2 Å². The van der Waals surface area contributed by atoms with Crippen LogP contribution in [-0.4, -0.2) is 47.6 Å². The van der Waals surface area contributed by atoms with Gasteiger partial charge in [0.2, 0.25) is 5.91 Å². The standard InChI is InChI=1S/C22H28N4O2/c1-4-21-24-19-7-5-6-8-20(19)26(21)16-22(27)23-15-17-9-11-18(12-10-17)28-14-13-25(2)3/h5-12H,4,13-16H2,1-3H3,(H,23,27). The predicted molar refractivity (Wildman–Crippen MR) is 111 cm³/mol. The molecule has 0 spiro atoms. The van der Waals surface area contributed by atoms with Gasteiger partial charge in [-0.1, -0.05) is 31.2 Å². The monoisotopic (exact) mass is 380 g/mol. The molecule has 0 saturated heterocycles. The summed E-state index contributed by atoms with van der Waals surface area (Å²) in [6.07, 6.45) is 0.789. The molecule has 3 aromatic rings. The summed E-state index contributed by atoms with van der Waals surface area (Å²) in [6, 6.07) is 15.8. The number of aromatic nitrogens is 2. The third kappa shape index (κ3) is 5.10. The van der Waals surface area contributed by atoms with Crippen LogP contribution in [0.25, 0.3) is 11.0 Å². The highest BCUT2D eigenvalue weighted by molar-refractivity contribution is 5.81. The SMILES string of the molecule is CCc1nc2ccccc2n1CC(=O)NCc1ccc(OCCN(C)C)cc1. The molecular formula is C22H28N4O2. The fraction of sp³-hybridized carbons (Fsp3) is 0.364. The number of ether oxygens (including phenoxy) is 1. The van der Waals surface area contributed by atoms with Gasteiger partial charge in [-0.05, 0) is 43.9 Å². The van der Waals surface area contributed by atoms with Crippen LogP contribution in [0.15, 0.2) is 48.5 Å². The van der Waals surface area contributed by atoms with E-state index in [2.05, 4.69) is 22.1 Å². The lowest BCUT2D eigenvalue weighted by atomic mass is 10.2. The summed E-state index contributed by atoms with van der Waals surface area (Å²) in [5.41, 5.74) is 2.96. The van der Waals surface area contributed by atoms with Crippen LogP contribution in [-0.2, 0) is 24.3 Å². The highest BCUT2D eigenvalue weighted by Crippen LogP contribution is 2.16. The van der Waals surface area contributed by atoms with Crippen LogP contribution in [0.2, 0.25) is 0 Å². The van der Waals surface area contributed by atoms with Crippen LogP contribution in [0.5, 0.6) is 5.75 Å². The van der Waals surface area contributed by atoms with Crippen LogP contribution in [0.4, 0.5) is 0 Å². The molecule has 0 atom stereocenters. The van der Waals surface area contributed by atoms with Gasteiger partial charge in [-0.25, -0.2) is 4.98 Å². The average molecular weight is 380 g/mol. The second-order valence-corrected chi connectivity index (χ2v) is 7.03. The number of rotatable bonds is 9. The normalized spacial score (nSPS) is 11.1. The largest absolute Gasteiger partial charge is 0.492 e. The molecule has 6 nitrogen and oxygen atoms in total. The summed E-state index contributed by atoms with van der Waals surface area (Å²) in [5, 5.41) is 3.00. The van der Waals surface area contributed by atoms with Crippen molar-refractivity contribution in [3.8, 4) is 5.75 Å². The smallest absolute Gasteiger partial charge is 0.240 e. The second kappa shape index (κ2) is 9.37. The van der Waals surface area contributed by atoms with E-state index in [1.54, 1.807) is 0 Å². The molecule has 28 heavy (non-hydrogen) atoms. The van der Waals surface area contributed by atoms with Gasteiger partial charge in [-0.3, -0.25) is 4.79 Å². The van der Waals surface area contributed by atoms with Crippen LogP contribution < -0.4 is 10.1 Å². The van der Waals surface area contributed by atoms with Gasteiger partial charge in [0.15, 0.2) is 0 Å². The Morgan fingerprint density at radius 3 is 2.61 bits per heavy atom. The zero-order valence-corrected chi connectivity index (χ0v) is 16.8. The zero-order chi connectivity index (χ0) is 19.9. The molecule has 3 rings (SSSR count). The predicted octanol–water partition coefficient (Wildman–Crippen LogP) is 2.86. The van der Waals surface area contributed by atoms with Crippen LogP contribution >= 0.6 is 0 Å². The second-order valence-electron chi connectivity index (χ2n) is 7.03. The first-order valence-electron chi connectivity index (χ1n) is 9.64. The first-order valence-corrected chi connectivity index (χ1v) is 9.64. The molecule has 2 aromatic carbocycles. The third-order valence-electron chi connectivity index (χ3n) is 4.57. The fourth-order valence-corrected chi connectivity index (χ4v) is 3.02. The Bertz CT molecular complexity index is 916. The number of nitrogens with zero attached hydrogens (tertiary/aromatic N) is 3. The number of aryl methyl sites for hydroxylation is 1. The van der Waals surface area contributed by atoms with Crippen molar-refractivity contribution >= 4 is 16.9 Å². The number of imidazole rings is 1. The number of hydrogen-bond donors (Lipinski definition) is 1. The van der Waals surface area contributed by atoms with Crippen molar-refractivity contribution in [2.75, 3.05) is 27.2 Å². The maximum atomic E-state index is 12.5. The lowest BCUT2D eigenvalue weighted by Crippen LogP contribution is -2.27. The molecule has 1 heterocycles. The Hall–Kier alpha value is -2.86. The molecule has 0 aliphatic carbocycles. The highest BCUT2D eigenvalue weighted by Gasteiger charge is 2.12. The van der Waals surface area contributed by atoms with Gasteiger partial charge in [0.1, 0.15) is 24.7 Å². The van der Waals surface area contributed by atoms with E-state index in [4.69, 9.17) is 4.74 Å². The molecular weight excluding hydrogens is 352 g/mol. The van der Waals surface area contributed by atoms with Crippen molar-refractivity contribution in [2.45, 2.75) is 26.4 Å². The van der Waals surface area contributed by atoms with E-state index in [-0.39, 0.29) is 12.5 Å². The van der Waals surface area contributed by atoms with E-state index in [0.717, 1.165) is 41.1 Å². The van der Waals surface area contributed by atoms with Crippen molar-refractivity contribution in [1.29, 1.82) is 0 Å². The molecule has 0 aliphatic rings. The minimum atomic E-state index is -0.0239. The summed E-state index contributed by atoms with van der Waals surface area (Å²) < 4.78 is 7.69. The van der Waals surface area contributed by atoms with Crippen molar-refractivity contribution in [2.24, 2.45) is 0 Å². The number of para-hydroxylation sites is 2. The summed E-state index contributed by atoms with van der Waals surface area (Å²) in [6.45, 7) is 4.35. The molecule has 1 aromatic heterocycles. The number of benzene rings is 2. The minimum Gasteiger partial charge on any atom is -0.492 e. The molecule has 148 valence electrons. The van der Waals surface area contributed by atoms with Crippen LogP contribution in [0.1, 0.15) is 18.3 Å². The van der Waals surface area contributed by atoms with E-state index in [9.17, 15) is 4.79 Å². The summed E-state index contributed by atoms with van der Waals surface area (Å²) in [7, 11) is 4.04. The topological polar surface area (TPSA) is 59.4 Å². The van der Waals surface area contributed by atoms with E-state index in [0.29, 0.717) is 13.2 Å². The molecule has 0 unspecified atom stereocenters. The molecule has 0 radical (unpaired) electrons. The first-order chi connectivity index (χ1) is 13.6. The van der Waals surface area contributed by atoms with E-state index in [1.165, 1.54) is 0 Å². The Morgan fingerprint density at radius 2 is 1.89 bits per heavy atom. The number of carbonyl (C=O) groups is 1. The van der Waals surface area contributed by atoms with Crippen molar-refractivity contribution in [3.05, 3.63) is 59.9 Å². The Morgan fingerprint density at radius 1 is 1.14 bits per heavy atom.